The summed E-state index contributed by atoms with van der Waals surface area (Å²) in [6, 6.07) is 4.17. The number of hydrogen-bond donors (Lipinski definition) is 0. The zero-order valence-corrected chi connectivity index (χ0v) is 15.2. The predicted octanol–water partition coefficient (Wildman–Crippen LogP) is 3.63. The average Bonchev–Trinajstić information content (AvgIpc) is 3.40. The summed E-state index contributed by atoms with van der Waals surface area (Å²) in [6.07, 6.45) is 12.6. The molecule has 0 bridgehead atoms. The van der Waals surface area contributed by atoms with E-state index in [1.807, 2.05) is 12.3 Å². The van der Waals surface area contributed by atoms with Crippen LogP contribution in [0.5, 0.6) is 5.88 Å². The van der Waals surface area contributed by atoms with E-state index in [9.17, 15) is 0 Å². The van der Waals surface area contributed by atoms with Crippen molar-refractivity contribution < 1.29 is 4.74 Å². The molecule has 5 heteroatoms. The Bertz CT molecular complexity index is 783. The van der Waals surface area contributed by atoms with E-state index in [1.54, 1.807) is 0 Å². The summed E-state index contributed by atoms with van der Waals surface area (Å²) < 4.78 is 6.20. The van der Waals surface area contributed by atoms with Crippen molar-refractivity contribution >= 4 is 0 Å². The summed E-state index contributed by atoms with van der Waals surface area (Å²) in [5, 5.41) is 0. The summed E-state index contributed by atoms with van der Waals surface area (Å²) >= 11 is 0. The van der Waals surface area contributed by atoms with Gasteiger partial charge in [-0.1, -0.05) is 6.07 Å². The van der Waals surface area contributed by atoms with E-state index >= 15 is 0 Å². The van der Waals surface area contributed by atoms with Crippen LogP contribution in [0.2, 0.25) is 0 Å². The number of nitrogens with zero attached hydrogens (tertiary/aromatic N) is 4. The predicted molar refractivity (Wildman–Crippen MR) is 98.9 cm³/mol. The lowest BCUT2D eigenvalue weighted by atomic mass is 10.1. The summed E-state index contributed by atoms with van der Waals surface area (Å²) in [6.45, 7) is 2.82. The molecule has 2 aromatic rings. The molecule has 136 valence electrons. The molecule has 0 radical (unpaired) electrons. The Hall–Kier alpha value is -2.01. The van der Waals surface area contributed by atoms with Gasteiger partial charge in [0.25, 0.3) is 0 Å². The summed E-state index contributed by atoms with van der Waals surface area (Å²) in [7, 11) is 0. The average molecular weight is 350 g/mol. The maximum Gasteiger partial charge on any atom is 0.218 e. The Morgan fingerprint density at radius 3 is 2.85 bits per heavy atom. The molecule has 0 atom stereocenters. The first-order chi connectivity index (χ1) is 12.8. The second-order valence-electron chi connectivity index (χ2n) is 7.93. The van der Waals surface area contributed by atoms with Crippen molar-refractivity contribution in [1.29, 1.82) is 0 Å². The van der Waals surface area contributed by atoms with Crippen molar-refractivity contribution in [2.24, 2.45) is 0 Å². The standard InChI is InChI=1S/C21H26N4O/c1-2-6-18(5-1)26-21-16(4-3-10-22-21)13-25-11-9-19-17(14-25)12-23-20(24-19)15-7-8-15/h3-4,10,12,15,18H,1-2,5-9,11,13-14H2. The molecule has 0 saturated heterocycles. The van der Waals surface area contributed by atoms with Gasteiger partial charge in [-0.25, -0.2) is 15.0 Å². The van der Waals surface area contributed by atoms with Crippen LogP contribution in [0.25, 0.3) is 0 Å². The van der Waals surface area contributed by atoms with Gasteiger partial charge in [0.2, 0.25) is 5.88 Å². The molecule has 0 amide bonds. The third-order valence-electron chi connectivity index (χ3n) is 5.80. The number of ether oxygens (including phenoxy) is 1. The monoisotopic (exact) mass is 350 g/mol. The Labute approximate surface area is 154 Å². The normalized spacial score (nSPS) is 20.9. The van der Waals surface area contributed by atoms with E-state index < -0.39 is 0 Å². The molecular weight excluding hydrogens is 324 g/mol. The van der Waals surface area contributed by atoms with Crippen LogP contribution in [-0.4, -0.2) is 32.5 Å². The zero-order chi connectivity index (χ0) is 17.3. The van der Waals surface area contributed by atoms with Gasteiger partial charge in [-0.15, -0.1) is 0 Å². The zero-order valence-electron chi connectivity index (χ0n) is 15.2. The van der Waals surface area contributed by atoms with Crippen LogP contribution >= 0.6 is 0 Å². The van der Waals surface area contributed by atoms with E-state index in [0.29, 0.717) is 12.0 Å². The van der Waals surface area contributed by atoms with Crippen LogP contribution in [0, 0.1) is 0 Å². The topological polar surface area (TPSA) is 51.1 Å². The molecule has 0 spiro atoms. The van der Waals surface area contributed by atoms with Crippen LogP contribution in [0.15, 0.2) is 24.5 Å². The summed E-state index contributed by atoms with van der Waals surface area (Å²) in [5.74, 6) is 2.52. The van der Waals surface area contributed by atoms with Crippen LogP contribution < -0.4 is 4.74 Å². The first kappa shape index (κ1) is 16.2. The van der Waals surface area contributed by atoms with Crippen molar-refractivity contribution in [3.63, 3.8) is 0 Å². The highest BCUT2D eigenvalue weighted by atomic mass is 16.5. The highest BCUT2D eigenvalue weighted by molar-refractivity contribution is 5.27. The highest BCUT2D eigenvalue weighted by Crippen LogP contribution is 2.38. The molecule has 2 aromatic heterocycles. The quantitative estimate of drug-likeness (QED) is 0.824. The fraction of sp³-hybridized carbons (Fsp3) is 0.571. The van der Waals surface area contributed by atoms with Gasteiger partial charge in [0.1, 0.15) is 11.9 Å². The minimum Gasteiger partial charge on any atom is -0.474 e. The van der Waals surface area contributed by atoms with Gasteiger partial charge in [0, 0.05) is 61.2 Å². The Kier molecular flexibility index (Phi) is 4.33. The van der Waals surface area contributed by atoms with E-state index in [1.165, 1.54) is 42.5 Å². The first-order valence-electron chi connectivity index (χ1n) is 10.0. The van der Waals surface area contributed by atoms with Gasteiger partial charge in [-0.3, -0.25) is 4.90 Å². The van der Waals surface area contributed by atoms with Crippen LogP contribution in [0.1, 0.15) is 67.1 Å². The molecule has 0 aromatic carbocycles. The van der Waals surface area contributed by atoms with E-state index in [4.69, 9.17) is 9.72 Å². The summed E-state index contributed by atoms with van der Waals surface area (Å²) in [4.78, 5) is 16.4. The molecule has 0 N–H and O–H groups in total. The molecule has 2 saturated carbocycles. The number of fused-ring (bicyclic) bond motifs is 1. The van der Waals surface area contributed by atoms with Crippen LogP contribution in [-0.2, 0) is 19.5 Å². The fourth-order valence-corrected chi connectivity index (χ4v) is 4.12. The fourth-order valence-electron chi connectivity index (χ4n) is 4.12. The maximum atomic E-state index is 6.20. The van der Waals surface area contributed by atoms with Gasteiger partial charge in [-0.05, 0) is 44.6 Å². The molecule has 26 heavy (non-hydrogen) atoms. The molecule has 5 nitrogen and oxygen atoms in total. The van der Waals surface area contributed by atoms with Crippen molar-refractivity contribution in [2.45, 2.75) is 70.1 Å². The molecule has 1 aliphatic heterocycles. The smallest absolute Gasteiger partial charge is 0.218 e. The van der Waals surface area contributed by atoms with Gasteiger partial charge < -0.3 is 4.74 Å². The lowest BCUT2D eigenvalue weighted by Gasteiger charge is -2.28. The van der Waals surface area contributed by atoms with Gasteiger partial charge >= 0.3 is 0 Å². The number of hydrogen-bond acceptors (Lipinski definition) is 5. The number of aromatic nitrogens is 3. The lowest BCUT2D eigenvalue weighted by Crippen LogP contribution is -2.31. The molecular formula is C21H26N4O. The van der Waals surface area contributed by atoms with Gasteiger partial charge in [-0.2, -0.15) is 0 Å². The van der Waals surface area contributed by atoms with E-state index in [0.717, 1.165) is 50.6 Å². The van der Waals surface area contributed by atoms with Gasteiger partial charge in [0.05, 0.1) is 0 Å². The maximum absolute atomic E-state index is 6.20. The van der Waals surface area contributed by atoms with Crippen molar-refractivity contribution in [3.05, 3.63) is 47.2 Å². The number of rotatable bonds is 5. The van der Waals surface area contributed by atoms with Gasteiger partial charge in [0.15, 0.2) is 0 Å². The minimum atomic E-state index is 0.347. The Morgan fingerprint density at radius 1 is 1.12 bits per heavy atom. The molecule has 5 rings (SSSR count). The second kappa shape index (κ2) is 6.95. The Balaban J connectivity index is 1.28. The third-order valence-corrected chi connectivity index (χ3v) is 5.80. The van der Waals surface area contributed by atoms with Crippen molar-refractivity contribution in [3.8, 4) is 5.88 Å². The summed E-state index contributed by atoms with van der Waals surface area (Å²) in [5.41, 5.74) is 3.73. The molecule has 2 fully saturated rings. The largest absolute Gasteiger partial charge is 0.474 e. The molecule has 0 unspecified atom stereocenters. The van der Waals surface area contributed by atoms with Crippen LogP contribution in [0.3, 0.4) is 0 Å². The van der Waals surface area contributed by atoms with E-state index in [-0.39, 0.29) is 0 Å². The van der Waals surface area contributed by atoms with E-state index in [2.05, 4.69) is 27.1 Å². The van der Waals surface area contributed by atoms with Crippen molar-refractivity contribution in [1.82, 2.24) is 19.9 Å². The first-order valence-corrected chi connectivity index (χ1v) is 10.0. The highest BCUT2D eigenvalue weighted by Gasteiger charge is 2.28. The third kappa shape index (κ3) is 3.45. The number of pyridine rings is 1. The van der Waals surface area contributed by atoms with Crippen LogP contribution in [0.4, 0.5) is 0 Å². The Morgan fingerprint density at radius 2 is 2.00 bits per heavy atom. The lowest BCUT2D eigenvalue weighted by molar-refractivity contribution is 0.190. The van der Waals surface area contributed by atoms with Crippen molar-refractivity contribution in [2.75, 3.05) is 6.54 Å². The minimum absolute atomic E-state index is 0.347. The molecule has 3 heterocycles. The molecule has 3 aliphatic rings. The second-order valence-corrected chi connectivity index (χ2v) is 7.93. The molecule has 2 aliphatic carbocycles. The SMILES string of the molecule is c1cnc(OC2CCCC2)c(CN2CCc3nc(C4CC4)ncc3C2)c1.